The Bertz CT molecular complexity index is 1550. The van der Waals surface area contributed by atoms with Gasteiger partial charge in [0.2, 0.25) is 0 Å². The van der Waals surface area contributed by atoms with Gasteiger partial charge in [-0.25, -0.2) is 0 Å². The third-order valence-corrected chi connectivity index (χ3v) is 9.64. The number of thiazole rings is 2. The molecule has 0 spiro atoms. The van der Waals surface area contributed by atoms with E-state index in [0.29, 0.717) is 6.54 Å². The quantitative estimate of drug-likeness (QED) is 0.355. The molecule has 34 heavy (non-hydrogen) atoms. The predicted molar refractivity (Wildman–Crippen MR) is 146 cm³/mol. The molecule has 8 heteroatoms. The molecule has 0 saturated carbocycles. The fourth-order valence-electron chi connectivity index (χ4n) is 4.09. The van der Waals surface area contributed by atoms with Crippen LogP contribution in [-0.4, -0.2) is 11.6 Å². The van der Waals surface area contributed by atoms with E-state index in [1.807, 2.05) is 36.7 Å². The number of halogens is 1. The van der Waals surface area contributed by atoms with Gasteiger partial charge in [0.05, 0.1) is 17.1 Å². The van der Waals surface area contributed by atoms with Gasteiger partial charge in [0.15, 0.2) is 12.7 Å². The molecule has 2 aromatic carbocycles. The number of benzene rings is 2. The van der Waals surface area contributed by atoms with Gasteiger partial charge < -0.3 is 4.90 Å². The van der Waals surface area contributed by atoms with Gasteiger partial charge in [0.25, 0.3) is 10.6 Å². The molecule has 4 aromatic rings. The maximum Gasteiger partial charge on any atom is 0.271 e. The monoisotopic (exact) mass is 526 g/mol. The summed E-state index contributed by atoms with van der Waals surface area (Å²) < 4.78 is 5.90. The molecule has 0 fully saturated rings. The van der Waals surface area contributed by atoms with Crippen molar-refractivity contribution >= 4 is 62.8 Å². The molecule has 174 valence electrons. The topological polar surface area (TPSA) is 29.1 Å². The lowest BCUT2D eigenvalue weighted by Crippen LogP contribution is -2.36. The van der Waals surface area contributed by atoms with Crippen molar-refractivity contribution in [2.24, 2.45) is 0 Å². The number of hydrogen-bond donors (Lipinski definition) is 0. The van der Waals surface area contributed by atoms with Crippen molar-refractivity contribution in [3.63, 3.8) is 0 Å². The second kappa shape index (κ2) is 9.74. The first-order valence-corrected chi connectivity index (χ1v) is 14.0. The highest BCUT2D eigenvalue weighted by molar-refractivity contribution is 8.08. The number of thioether (sulfide) groups is 1. The fraction of sp³-hybridized carbons (Fsp3) is 0.231. The summed E-state index contributed by atoms with van der Waals surface area (Å²) in [6.45, 7) is 5.60. The number of hydrogen-bond acceptors (Lipinski definition) is 5. The first-order valence-electron chi connectivity index (χ1n) is 11.1. The van der Waals surface area contributed by atoms with Gasteiger partial charge >= 0.3 is 0 Å². The van der Waals surface area contributed by atoms with Crippen LogP contribution < -0.4 is 24.2 Å². The minimum atomic E-state index is 0.0804. The van der Waals surface area contributed by atoms with E-state index in [0.717, 1.165) is 48.5 Å². The standard InChI is InChI=1S/C26H25ClN3OS3/c1-4-30-23(16-22-29(13-14-32-22)12-11-18-7-5-6-8-19(18)27)34-24(25(30)31)26-28(3)20-10-9-17(2)15-21(20)33-26/h5-10,13-16H,4,11-12H2,1-3H3/q+1/b26-24+. The Hall–Kier alpha value is -2.32. The van der Waals surface area contributed by atoms with E-state index in [-0.39, 0.29) is 5.56 Å². The SMILES string of the molecule is CCn1c(=O)/c(=C2\Sc3cc(C)ccc3N2C)s/c1=C\c1scc[n+]1CCc1ccccc1Cl. The number of rotatable bonds is 5. The Kier molecular flexibility index (Phi) is 6.71. The summed E-state index contributed by atoms with van der Waals surface area (Å²) >= 11 is 11.3. The smallest absolute Gasteiger partial charge is 0.271 e. The summed E-state index contributed by atoms with van der Waals surface area (Å²) in [5.74, 6) is 0. The molecule has 0 N–H and O–H groups in total. The average molecular weight is 527 g/mol. The summed E-state index contributed by atoms with van der Waals surface area (Å²) in [7, 11) is 2.05. The van der Waals surface area contributed by atoms with E-state index < -0.39 is 0 Å². The molecule has 0 atom stereocenters. The summed E-state index contributed by atoms with van der Waals surface area (Å²) in [4.78, 5) is 16.8. The van der Waals surface area contributed by atoms with E-state index in [4.69, 9.17) is 11.6 Å². The first kappa shape index (κ1) is 23.4. The lowest BCUT2D eigenvalue weighted by atomic mass is 10.1. The Morgan fingerprint density at radius 3 is 2.79 bits per heavy atom. The molecule has 0 saturated heterocycles. The Balaban J connectivity index is 1.54. The predicted octanol–water partition coefficient (Wildman–Crippen LogP) is 4.62. The first-order chi connectivity index (χ1) is 16.5. The second-order valence-electron chi connectivity index (χ2n) is 8.18. The molecule has 3 heterocycles. The molecule has 0 unspecified atom stereocenters. The Morgan fingerprint density at radius 1 is 1.18 bits per heavy atom. The highest BCUT2D eigenvalue weighted by Crippen LogP contribution is 2.45. The van der Waals surface area contributed by atoms with Gasteiger partial charge in [0, 0.05) is 29.9 Å². The van der Waals surface area contributed by atoms with Crippen molar-refractivity contribution in [1.82, 2.24) is 4.57 Å². The van der Waals surface area contributed by atoms with Gasteiger partial charge in [-0.15, -0.1) is 11.3 Å². The number of anilines is 1. The maximum absolute atomic E-state index is 13.4. The van der Waals surface area contributed by atoms with Crippen LogP contribution in [0.15, 0.2) is 63.7 Å². The Morgan fingerprint density at radius 2 is 2.00 bits per heavy atom. The van der Waals surface area contributed by atoms with Crippen molar-refractivity contribution in [3.05, 3.63) is 94.7 Å². The Labute approximate surface area is 216 Å². The zero-order valence-corrected chi connectivity index (χ0v) is 22.5. The van der Waals surface area contributed by atoms with Crippen molar-refractivity contribution in [2.75, 3.05) is 11.9 Å². The number of fused-ring (bicyclic) bond motifs is 1. The molecule has 4 nitrogen and oxygen atoms in total. The van der Waals surface area contributed by atoms with Crippen molar-refractivity contribution in [3.8, 4) is 0 Å². The van der Waals surface area contributed by atoms with Crippen LogP contribution in [-0.2, 0) is 19.5 Å². The molecule has 0 amide bonds. The van der Waals surface area contributed by atoms with Gasteiger partial charge in [-0.3, -0.25) is 9.36 Å². The summed E-state index contributed by atoms with van der Waals surface area (Å²) in [5.41, 5.74) is 3.61. The van der Waals surface area contributed by atoms with Crippen LogP contribution >= 0.6 is 46.0 Å². The fourth-order valence-corrected chi connectivity index (χ4v) is 7.76. The van der Waals surface area contributed by atoms with Gasteiger partial charge in [0.1, 0.15) is 14.2 Å². The second-order valence-corrected chi connectivity index (χ2v) is 11.6. The van der Waals surface area contributed by atoms with E-state index in [9.17, 15) is 4.79 Å². The van der Waals surface area contributed by atoms with Crippen molar-refractivity contribution in [1.29, 1.82) is 0 Å². The molecule has 0 bridgehead atoms. The third kappa shape index (κ3) is 4.38. The van der Waals surface area contributed by atoms with E-state index in [1.165, 1.54) is 10.5 Å². The van der Waals surface area contributed by atoms with Crippen molar-refractivity contribution < 1.29 is 4.57 Å². The van der Waals surface area contributed by atoms with Crippen LogP contribution in [0, 0.1) is 6.92 Å². The highest BCUT2D eigenvalue weighted by atomic mass is 35.5. The molecule has 1 aliphatic heterocycles. The minimum Gasteiger partial charge on any atom is -0.337 e. The lowest BCUT2D eigenvalue weighted by Gasteiger charge is -2.12. The van der Waals surface area contributed by atoms with Crippen LogP contribution in [0.3, 0.4) is 0 Å². The van der Waals surface area contributed by atoms with E-state index >= 15 is 0 Å². The summed E-state index contributed by atoms with van der Waals surface area (Å²) in [6.07, 6.45) is 5.10. The van der Waals surface area contributed by atoms with Crippen LogP contribution in [0.5, 0.6) is 0 Å². The molecular formula is C26H25ClN3OS3+. The number of aromatic nitrogens is 2. The molecule has 0 aliphatic carbocycles. The van der Waals surface area contributed by atoms with Gasteiger partial charge in [-0.05, 0) is 43.2 Å². The van der Waals surface area contributed by atoms with Crippen molar-refractivity contribution in [2.45, 2.75) is 38.3 Å². The van der Waals surface area contributed by atoms with Crippen LogP contribution in [0.1, 0.15) is 23.1 Å². The summed E-state index contributed by atoms with van der Waals surface area (Å²) in [5, 5.41) is 5.03. The van der Waals surface area contributed by atoms with Crippen LogP contribution in [0.4, 0.5) is 5.69 Å². The highest BCUT2D eigenvalue weighted by Gasteiger charge is 2.25. The van der Waals surface area contributed by atoms with Gasteiger partial charge in [-0.2, -0.15) is 4.57 Å². The molecule has 2 aromatic heterocycles. The molecule has 5 rings (SSSR count). The average Bonchev–Trinajstić information content (AvgIpc) is 3.49. The number of aryl methyl sites for hydroxylation is 3. The van der Waals surface area contributed by atoms with Crippen LogP contribution in [0.25, 0.3) is 11.1 Å². The minimum absolute atomic E-state index is 0.0804. The normalized spacial score (nSPS) is 15.3. The van der Waals surface area contributed by atoms with E-state index in [2.05, 4.69) is 58.3 Å². The van der Waals surface area contributed by atoms with Crippen LogP contribution in [0.2, 0.25) is 5.02 Å². The maximum atomic E-state index is 13.4. The molecule has 0 radical (unpaired) electrons. The van der Waals surface area contributed by atoms with Gasteiger partial charge in [-0.1, -0.05) is 59.0 Å². The zero-order valence-electron chi connectivity index (χ0n) is 19.2. The molecule has 1 aliphatic rings. The summed E-state index contributed by atoms with van der Waals surface area (Å²) in [6, 6.07) is 14.4. The number of nitrogens with zero attached hydrogens (tertiary/aromatic N) is 3. The lowest BCUT2D eigenvalue weighted by molar-refractivity contribution is -0.693. The molecular weight excluding hydrogens is 502 g/mol. The largest absolute Gasteiger partial charge is 0.337 e. The zero-order chi connectivity index (χ0) is 23.8. The van der Waals surface area contributed by atoms with E-state index in [1.54, 1.807) is 34.4 Å². The third-order valence-electron chi connectivity index (χ3n) is 5.95.